The van der Waals surface area contributed by atoms with Gasteiger partial charge >= 0.3 is 11.7 Å². The van der Waals surface area contributed by atoms with Gasteiger partial charge in [0.05, 0.1) is 5.56 Å². The first-order valence-electron chi connectivity index (χ1n) is 7.36. The molecule has 0 unspecified atom stereocenters. The summed E-state index contributed by atoms with van der Waals surface area (Å²) in [6.45, 7) is 4.27. The predicted octanol–water partition coefficient (Wildman–Crippen LogP) is 0.631. The van der Waals surface area contributed by atoms with E-state index in [4.69, 9.17) is 0 Å². The lowest BCUT2D eigenvalue weighted by molar-refractivity contribution is 0.0686. The summed E-state index contributed by atoms with van der Waals surface area (Å²) in [5.41, 5.74) is -1.21. The largest absolute Gasteiger partial charge is 0.477 e. The number of carboxylic acids is 1. The van der Waals surface area contributed by atoms with Crippen molar-refractivity contribution in [3.63, 3.8) is 0 Å². The zero-order valence-electron chi connectivity index (χ0n) is 12.2. The van der Waals surface area contributed by atoms with Gasteiger partial charge in [0.25, 0.3) is 5.56 Å². The van der Waals surface area contributed by atoms with Crippen molar-refractivity contribution in [2.45, 2.75) is 45.7 Å². The predicted molar refractivity (Wildman–Crippen MR) is 77.7 cm³/mol. The molecule has 0 radical (unpaired) electrons. The Morgan fingerprint density at radius 2 is 1.95 bits per heavy atom. The van der Waals surface area contributed by atoms with E-state index in [0.29, 0.717) is 13.0 Å². The quantitative estimate of drug-likeness (QED) is 0.802. The summed E-state index contributed by atoms with van der Waals surface area (Å²) in [7, 11) is 0. The third kappa shape index (κ3) is 3.41. The van der Waals surface area contributed by atoms with Crippen LogP contribution in [0, 0.1) is 0 Å². The lowest BCUT2D eigenvalue weighted by Crippen LogP contribution is -2.41. The normalized spacial score (nSPS) is 15.5. The van der Waals surface area contributed by atoms with Crippen LogP contribution < -0.4 is 11.2 Å². The van der Waals surface area contributed by atoms with Crippen LogP contribution in [0.1, 0.15) is 48.7 Å². The highest BCUT2D eigenvalue weighted by Crippen LogP contribution is 2.12. The van der Waals surface area contributed by atoms with Gasteiger partial charge in [-0.25, -0.2) is 9.59 Å². The first kappa shape index (κ1) is 15.5. The van der Waals surface area contributed by atoms with Gasteiger partial charge in [-0.2, -0.15) is 0 Å². The maximum atomic E-state index is 12.5. The maximum absolute atomic E-state index is 12.5. The van der Waals surface area contributed by atoms with Crippen molar-refractivity contribution in [2.24, 2.45) is 0 Å². The van der Waals surface area contributed by atoms with Crippen molar-refractivity contribution in [2.75, 3.05) is 13.1 Å². The van der Waals surface area contributed by atoms with E-state index in [1.54, 1.807) is 0 Å². The van der Waals surface area contributed by atoms with Crippen LogP contribution in [-0.4, -0.2) is 38.6 Å². The molecule has 0 amide bonds. The lowest BCUT2D eigenvalue weighted by Gasteiger charge is -2.16. The van der Waals surface area contributed by atoms with Crippen LogP contribution in [-0.2, 0) is 13.1 Å². The highest BCUT2D eigenvalue weighted by atomic mass is 16.4. The molecule has 7 heteroatoms. The summed E-state index contributed by atoms with van der Waals surface area (Å²) >= 11 is 0. The molecule has 1 aliphatic heterocycles. The Bertz CT molecular complexity index is 626. The second-order valence-corrected chi connectivity index (χ2v) is 5.38. The van der Waals surface area contributed by atoms with Crippen molar-refractivity contribution >= 4 is 5.97 Å². The number of likely N-dealkylation sites (tertiary alicyclic amines) is 1. The Morgan fingerprint density at radius 3 is 2.52 bits per heavy atom. The molecule has 1 aromatic heterocycles. The van der Waals surface area contributed by atoms with E-state index in [2.05, 4.69) is 4.98 Å². The zero-order valence-corrected chi connectivity index (χ0v) is 12.2. The number of nitrogens with zero attached hydrogens (tertiary/aromatic N) is 2. The summed E-state index contributed by atoms with van der Waals surface area (Å²) < 4.78 is 1.11. The van der Waals surface area contributed by atoms with Gasteiger partial charge < -0.3 is 10.1 Å². The highest BCUT2D eigenvalue weighted by Gasteiger charge is 2.22. The maximum Gasteiger partial charge on any atom is 0.352 e. The fourth-order valence-corrected chi connectivity index (χ4v) is 2.62. The monoisotopic (exact) mass is 295 g/mol. The molecular weight excluding hydrogens is 274 g/mol. The molecule has 2 N–H and O–H groups in total. The fraction of sp³-hybridized carbons (Fsp3) is 0.643. The molecule has 1 aliphatic rings. The Morgan fingerprint density at radius 1 is 1.29 bits per heavy atom. The van der Waals surface area contributed by atoms with E-state index in [1.165, 1.54) is 0 Å². The lowest BCUT2D eigenvalue weighted by atomic mass is 10.2. The number of unbranched alkanes of at least 4 members (excludes halogenated alkanes) is 1. The summed E-state index contributed by atoms with van der Waals surface area (Å²) in [4.78, 5) is 40.0. The minimum absolute atomic E-state index is 0.181. The Balaban J connectivity index is 2.44. The molecule has 21 heavy (non-hydrogen) atoms. The number of aromatic nitrogens is 2. The molecule has 2 rings (SSSR count). The first-order chi connectivity index (χ1) is 10.0. The molecule has 0 aromatic carbocycles. The standard InChI is InChI=1S/C14H21N3O4/c1-2-3-8-17-12(18)10(9-16-6-4-5-7-16)11(13(19)20)15-14(17)21/h2-9H2,1H3,(H,15,21)(H,19,20). The van der Waals surface area contributed by atoms with E-state index >= 15 is 0 Å². The number of hydrogen-bond donors (Lipinski definition) is 2. The minimum atomic E-state index is -1.26. The second-order valence-electron chi connectivity index (χ2n) is 5.38. The van der Waals surface area contributed by atoms with E-state index in [9.17, 15) is 19.5 Å². The molecule has 0 spiro atoms. The summed E-state index contributed by atoms with van der Waals surface area (Å²) in [6.07, 6.45) is 3.66. The number of aromatic carboxylic acids is 1. The highest BCUT2D eigenvalue weighted by molar-refractivity contribution is 5.86. The molecule has 116 valence electrons. The number of rotatable bonds is 6. The van der Waals surface area contributed by atoms with Gasteiger partial charge in [0.15, 0.2) is 0 Å². The molecule has 2 heterocycles. The Kier molecular flexibility index (Phi) is 4.95. The molecular formula is C14H21N3O4. The molecule has 0 bridgehead atoms. The number of carboxylic acid groups (broad SMARTS) is 1. The van der Waals surface area contributed by atoms with Crippen LogP contribution in [0.15, 0.2) is 9.59 Å². The van der Waals surface area contributed by atoms with Crippen molar-refractivity contribution in [3.8, 4) is 0 Å². The Labute approximate surface area is 122 Å². The van der Waals surface area contributed by atoms with E-state index in [1.807, 2.05) is 11.8 Å². The van der Waals surface area contributed by atoms with E-state index in [-0.39, 0.29) is 17.8 Å². The van der Waals surface area contributed by atoms with Gasteiger partial charge in [0, 0.05) is 13.1 Å². The van der Waals surface area contributed by atoms with Crippen LogP contribution in [0.2, 0.25) is 0 Å². The number of H-pyrrole nitrogens is 1. The van der Waals surface area contributed by atoms with Gasteiger partial charge in [-0.3, -0.25) is 14.3 Å². The molecule has 0 saturated carbocycles. The van der Waals surface area contributed by atoms with Gasteiger partial charge in [0.2, 0.25) is 0 Å². The number of nitrogens with one attached hydrogen (secondary N) is 1. The summed E-state index contributed by atoms with van der Waals surface area (Å²) in [6, 6.07) is 0. The third-order valence-electron chi connectivity index (χ3n) is 3.81. The van der Waals surface area contributed by atoms with Crippen LogP contribution >= 0.6 is 0 Å². The SMILES string of the molecule is CCCCn1c(=O)[nH]c(C(=O)O)c(CN2CCCC2)c1=O. The zero-order chi connectivity index (χ0) is 15.4. The molecule has 1 saturated heterocycles. The third-order valence-corrected chi connectivity index (χ3v) is 3.81. The number of aromatic amines is 1. The van der Waals surface area contributed by atoms with Crippen LogP contribution in [0.5, 0.6) is 0 Å². The van der Waals surface area contributed by atoms with Gasteiger partial charge in [-0.05, 0) is 32.4 Å². The van der Waals surface area contributed by atoms with Gasteiger partial charge in [-0.1, -0.05) is 13.3 Å². The van der Waals surface area contributed by atoms with Crippen molar-refractivity contribution in [3.05, 3.63) is 32.1 Å². The van der Waals surface area contributed by atoms with Crippen molar-refractivity contribution in [1.29, 1.82) is 0 Å². The van der Waals surface area contributed by atoms with Crippen LogP contribution in [0.4, 0.5) is 0 Å². The van der Waals surface area contributed by atoms with Gasteiger partial charge in [0.1, 0.15) is 5.69 Å². The van der Waals surface area contributed by atoms with Crippen LogP contribution in [0.25, 0.3) is 0 Å². The first-order valence-corrected chi connectivity index (χ1v) is 7.36. The van der Waals surface area contributed by atoms with Gasteiger partial charge in [-0.15, -0.1) is 0 Å². The minimum Gasteiger partial charge on any atom is -0.477 e. The number of carbonyl (C=O) groups is 1. The average Bonchev–Trinajstić information content (AvgIpc) is 2.94. The Hall–Kier alpha value is -1.89. The second kappa shape index (κ2) is 6.71. The topological polar surface area (TPSA) is 95.4 Å². The van der Waals surface area contributed by atoms with Crippen molar-refractivity contribution in [1.82, 2.24) is 14.5 Å². The molecule has 7 nitrogen and oxygen atoms in total. The summed E-state index contributed by atoms with van der Waals surface area (Å²) in [5.74, 6) is -1.26. The summed E-state index contributed by atoms with van der Waals surface area (Å²) in [5, 5.41) is 9.22. The van der Waals surface area contributed by atoms with Crippen molar-refractivity contribution < 1.29 is 9.90 Å². The number of hydrogen-bond acceptors (Lipinski definition) is 4. The van der Waals surface area contributed by atoms with E-state index < -0.39 is 17.2 Å². The molecule has 0 aliphatic carbocycles. The average molecular weight is 295 g/mol. The fourth-order valence-electron chi connectivity index (χ4n) is 2.62. The smallest absolute Gasteiger partial charge is 0.352 e. The molecule has 1 aromatic rings. The van der Waals surface area contributed by atoms with E-state index in [0.717, 1.165) is 36.9 Å². The van der Waals surface area contributed by atoms with Crippen LogP contribution in [0.3, 0.4) is 0 Å². The molecule has 1 fully saturated rings. The molecule has 0 atom stereocenters.